The summed E-state index contributed by atoms with van der Waals surface area (Å²) in [4.78, 5) is 62.4. The predicted octanol–water partition coefficient (Wildman–Crippen LogP) is 5.62. The number of aromatic nitrogens is 2. The van der Waals surface area contributed by atoms with E-state index in [0.29, 0.717) is 78.3 Å². The van der Waals surface area contributed by atoms with Crippen LogP contribution in [0, 0.1) is 0 Å². The monoisotopic (exact) mass is 864 g/mol. The zero-order chi connectivity index (χ0) is 43.3. The molecular formula is C46H52N6O9S. The Morgan fingerprint density at radius 2 is 1.42 bits per heavy atom. The zero-order valence-corrected chi connectivity index (χ0v) is 35.9. The molecule has 0 spiro atoms. The normalized spacial score (nSPS) is 15.1. The topological polar surface area (TPSA) is 171 Å². The molecule has 1 unspecified atom stereocenters. The number of aryl methyl sites for hydroxylation is 1. The molecule has 1 atom stereocenters. The molecule has 2 aliphatic rings. The molecule has 326 valence electrons. The lowest BCUT2D eigenvalue weighted by atomic mass is 10.0. The minimum Gasteiger partial charge on any atom is -0.382 e. The van der Waals surface area contributed by atoms with Gasteiger partial charge in [-0.05, 0) is 66.8 Å². The van der Waals surface area contributed by atoms with Gasteiger partial charge in [0.15, 0.2) is 0 Å². The summed E-state index contributed by atoms with van der Waals surface area (Å²) in [6, 6.07) is 23.1. The Morgan fingerprint density at radius 1 is 0.758 bits per heavy atom. The molecule has 1 saturated heterocycles. The van der Waals surface area contributed by atoms with Gasteiger partial charge in [0.25, 0.3) is 11.8 Å². The van der Waals surface area contributed by atoms with Crippen LogP contribution in [0.4, 0.5) is 11.5 Å². The van der Waals surface area contributed by atoms with Crippen LogP contribution >= 0.6 is 11.3 Å². The Hall–Kier alpha value is -5.62. The molecule has 0 radical (unpaired) electrons. The SMILES string of the molecule is CN(C)c1ccc(-c2ccc(-c3nc4ccc(CCCOCCOCCOCCOCCOCCNc5cccc6c5C(=O)N(C5CCC(=O)NC5=O)C6=O)cc4s3)cc2)cn1. The second kappa shape index (κ2) is 21.9. The average Bonchev–Trinajstić information content (AvgIpc) is 3.82. The van der Waals surface area contributed by atoms with Crippen LogP contribution in [0.1, 0.15) is 45.5 Å². The predicted molar refractivity (Wildman–Crippen MR) is 237 cm³/mol. The first kappa shape index (κ1) is 44.4. The van der Waals surface area contributed by atoms with Gasteiger partial charge in [-0.2, -0.15) is 0 Å². The third-order valence-electron chi connectivity index (χ3n) is 10.4. The Balaban J connectivity index is 0.675. The number of piperidine rings is 1. The van der Waals surface area contributed by atoms with Crippen molar-refractivity contribution >= 4 is 56.7 Å². The van der Waals surface area contributed by atoms with Crippen LogP contribution in [0.25, 0.3) is 31.9 Å². The maximum Gasteiger partial charge on any atom is 0.264 e. The molecule has 2 aliphatic heterocycles. The highest BCUT2D eigenvalue weighted by Gasteiger charge is 2.45. The molecule has 5 aromatic rings. The lowest BCUT2D eigenvalue weighted by Crippen LogP contribution is -2.54. The number of ether oxygens (including phenoxy) is 5. The largest absolute Gasteiger partial charge is 0.382 e. The molecule has 0 bridgehead atoms. The van der Waals surface area contributed by atoms with Crippen molar-refractivity contribution < 1.29 is 42.9 Å². The quantitative estimate of drug-likeness (QED) is 0.0580. The summed E-state index contributed by atoms with van der Waals surface area (Å²) >= 11 is 1.71. The number of amides is 4. The number of nitrogens with zero attached hydrogens (tertiary/aromatic N) is 4. The number of carbonyl (C=O) groups excluding carboxylic acids is 4. The molecule has 3 aromatic carbocycles. The number of anilines is 2. The van der Waals surface area contributed by atoms with Crippen LogP contribution in [0.3, 0.4) is 0 Å². The Kier molecular flexibility index (Phi) is 15.7. The number of pyridine rings is 1. The van der Waals surface area contributed by atoms with Gasteiger partial charge >= 0.3 is 0 Å². The summed E-state index contributed by atoms with van der Waals surface area (Å²) in [5.74, 6) is -1.22. The first-order valence-electron chi connectivity index (χ1n) is 20.9. The fourth-order valence-corrected chi connectivity index (χ4v) is 8.19. The number of nitrogens with one attached hydrogen (secondary N) is 2. The van der Waals surface area contributed by atoms with Gasteiger partial charge in [0.2, 0.25) is 11.8 Å². The van der Waals surface area contributed by atoms with Crippen LogP contribution < -0.4 is 15.5 Å². The lowest BCUT2D eigenvalue weighted by molar-refractivity contribution is -0.136. The van der Waals surface area contributed by atoms with Gasteiger partial charge < -0.3 is 33.9 Å². The molecule has 0 saturated carbocycles. The summed E-state index contributed by atoms with van der Waals surface area (Å²) < 4.78 is 29.4. The van der Waals surface area contributed by atoms with Crippen LogP contribution in [0.15, 0.2) is 79.0 Å². The number of carbonyl (C=O) groups is 4. The zero-order valence-electron chi connectivity index (χ0n) is 35.1. The third-order valence-corrected chi connectivity index (χ3v) is 11.5. The van der Waals surface area contributed by atoms with Crippen molar-refractivity contribution in [3.63, 3.8) is 0 Å². The lowest BCUT2D eigenvalue weighted by Gasteiger charge is -2.27. The highest BCUT2D eigenvalue weighted by Crippen LogP contribution is 2.34. The van der Waals surface area contributed by atoms with Gasteiger partial charge in [-0.15, -0.1) is 11.3 Å². The van der Waals surface area contributed by atoms with E-state index in [9.17, 15) is 19.2 Å². The summed E-state index contributed by atoms with van der Waals surface area (Å²) in [6.45, 7) is 5.01. The first-order chi connectivity index (χ1) is 30.3. The second-order valence-corrected chi connectivity index (χ2v) is 16.0. The third kappa shape index (κ3) is 11.4. The number of hydrogen-bond acceptors (Lipinski definition) is 14. The second-order valence-electron chi connectivity index (χ2n) is 15.0. The number of benzene rings is 3. The van der Waals surface area contributed by atoms with E-state index in [1.807, 2.05) is 31.3 Å². The highest BCUT2D eigenvalue weighted by molar-refractivity contribution is 7.21. The highest BCUT2D eigenvalue weighted by atomic mass is 32.1. The van der Waals surface area contributed by atoms with Gasteiger partial charge in [-0.3, -0.25) is 29.4 Å². The van der Waals surface area contributed by atoms with E-state index in [-0.39, 0.29) is 24.0 Å². The van der Waals surface area contributed by atoms with E-state index in [0.717, 1.165) is 50.8 Å². The van der Waals surface area contributed by atoms with E-state index in [4.69, 9.17) is 28.7 Å². The molecule has 62 heavy (non-hydrogen) atoms. The van der Waals surface area contributed by atoms with E-state index in [2.05, 4.69) is 64.1 Å². The van der Waals surface area contributed by atoms with Gasteiger partial charge in [0, 0.05) is 56.7 Å². The minimum atomic E-state index is -1.01. The van der Waals surface area contributed by atoms with Gasteiger partial charge in [-0.1, -0.05) is 36.4 Å². The molecule has 4 heterocycles. The summed E-state index contributed by atoms with van der Waals surface area (Å²) in [7, 11) is 3.97. The van der Waals surface area contributed by atoms with Crippen molar-refractivity contribution in [1.29, 1.82) is 0 Å². The summed E-state index contributed by atoms with van der Waals surface area (Å²) in [5.41, 5.74) is 6.52. The number of imide groups is 2. The van der Waals surface area contributed by atoms with Crippen molar-refractivity contribution in [1.82, 2.24) is 20.2 Å². The van der Waals surface area contributed by atoms with Crippen LogP contribution in [-0.4, -0.2) is 131 Å². The minimum absolute atomic E-state index is 0.0676. The van der Waals surface area contributed by atoms with Crippen molar-refractivity contribution in [2.45, 2.75) is 31.7 Å². The molecule has 4 amide bonds. The summed E-state index contributed by atoms with van der Waals surface area (Å²) in [5, 5.41) is 6.37. The molecular weight excluding hydrogens is 813 g/mol. The first-order valence-corrected chi connectivity index (χ1v) is 21.7. The molecule has 7 rings (SSSR count). The fourth-order valence-electron chi connectivity index (χ4n) is 7.15. The van der Waals surface area contributed by atoms with Crippen LogP contribution in [-0.2, 0) is 39.7 Å². The van der Waals surface area contributed by atoms with Gasteiger partial charge in [0.05, 0.1) is 80.8 Å². The van der Waals surface area contributed by atoms with Crippen molar-refractivity contribution in [3.05, 3.63) is 95.7 Å². The number of thiazole rings is 1. The molecule has 15 nitrogen and oxygen atoms in total. The van der Waals surface area contributed by atoms with Crippen molar-refractivity contribution in [2.75, 3.05) is 96.9 Å². The van der Waals surface area contributed by atoms with Gasteiger partial charge in [0.1, 0.15) is 16.9 Å². The van der Waals surface area contributed by atoms with E-state index < -0.39 is 29.7 Å². The smallest absolute Gasteiger partial charge is 0.264 e. The number of rotatable bonds is 24. The Bertz CT molecular complexity index is 2320. The number of hydrogen-bond donors (Lipinski definition) is 2. The van der Waals surface area contributed by atoms with E-state index in [1.54, 1.807) is 29.5 Å². The molecule has 16 heteroatoms. The van der Waals surface area contributed by atoms with Crippen LogP contribution in [0.2, 0.25) is 0 Å². The fraction of sp³-hybridized carbons (Fsp3) is 0.391. The molecule has 2 aromatic heterocycles. The maximum atomic E-state index is 13.2. The standard InChI is InChI=1S/C46H52N6O9S/c1-51(2)40-16-13-34(30-48-40)32-9-11-33(12-10-32)44-49-36-14-8-31(29-39(36)62-44)5-4-19-57-21-23-59-25-27-61-28-26-60-24-22-58-20-18-47-37-7-3-6-35-42(37)46(56)52(45(35)55)38-15-17-41(53)50-43(38)54/h3,6-14,16,29-30,38,47H,4-5,15,17-28H2,1-2H3,(H,50,53,54). The van der Waals surface area contributed by atoms with Crippen molar-refractivity contribution in [2.24, 2.45) is 0 Å². The van der Waals surface area contributed by atoms with Crippen molar-refractivity contribution in [3.8, 4) is 21.7 Å². The Labute approximate surface area is 364 Å². The average molecular weight is 865 g/mol. The summed E-state index contributed by atoms with van der Waals surface area (Å²) in [6.07, 6.45) is 3.93. The molecule has 1 fully saturated rings. The van der Waals surface area contributed by atoms with E-state index in [1.165, 1.54) is 10.3 Å². The van der Waals surface area contributed by atoms with Crippen LogP contribution in [0.5, 0.6) is 0 Å². The number of fused-ring (bicyclic) bond motifs is 2. The Morgan fingerprint density at radius 3 is 2.08 bits per heavy atom. The van der Waals surface area contributed by atoms with Gasteiger partial charge in [-0.25, -0.2) is 9.97 Å². The van der Waals surface area contributed by atoms with E-state index >= 15 is 0 Å². The maximum absolute atomic E-state index is 13.2. The molecule has 0 aliphatic carbocycles. The molecule has 2 N–H and O–H groups in total.